The quantitative estimate of drug-likeness (QED) is 0.743. The third kappa shape index (κ3) is 3.27. The fourth-order valence-corrected chi connectivity index (χ4v) is 3.77. The van der Waals surface area contributed by atoms with E-state index in [4.69, 9.17) is 16.0 Å². The number of benzene rings is 1. The maximum Gasteiger partial charge on any atom is 0.420 e. The third-order valence-electron chi connectivity index (χ3n) is 5.06. The lowest BCUT2D eigenvalue weighted by atomic mass is 10.0. The molecule has 1 aromatic carbocycles. The van der Waals surface area contributed by atoms with Gasteiger partial charge in [0.05, 0.1) is 11.6 Å². The first kappa shape index (κ1) is 17.9. The van der Waals surface area contributed by atoms with Crippen molar-refractivity contribution in [1.29, 1.82) is 0 Å². The Balaban J connectivity index is 1.61. The summed E-state index contributed by atoms with van der Waals surface area (Å²) in [7, 11) is 0. The minimum atomic E-state index is -0.423. The molecule has 1 atom stereocenters. The predicted molar refractivity (Wildman–Crippen MR) is 102 cm³/mol. The molecule has 2 aromatic heterocycles. The number of oxazole rings is 1. The molecule has 0 aliphatic carbocycles. The second-order valence-electron chi connectivity index (χ2n) is 7.26. The number of hydrogen-bond acceptors (Lipinski definition) is 4. The number of fused-ring (bicyclic) bond motifs is 1. The predicted octanol–water partition coefficient (Wildman–Crippen LogP) is 3.57. The molecule has 4 rings (SSSR count). The molecule has 0 bridgehead atoms. The van der Waals surface area contributed by atoms with Gasteiger partial charge in [-0.3, -0.25) is 14.5 Å². The number of aromatic nitrogens is 3. The summed E-state index contributed by atoms with van der Waals surface area (Å²) >= 11 is 6.09. The van der Waals surface area contributed by atoms with E-state index in [1.165, 1.54) is 0 Å². The van der Waals surface area contributed by atoms with Gasteiger partial charge in [0.2, 0.25) is 0 Å². The Morgan fingerprint density at radius 1 is 1.37 bits per heavy atom. The molecule has 142 valence electrons. The molecule has 1 saturated heterocycles. The highest BCUT2D eigenvalue weighted by Gasteiger charge is 2.29. The average molecular weight is 389 g/mol. The molecule has 0 saturated carbocycles. The van der Waals surface area contributed by atoms with Crippen molar-refractivity contribution >= 4 is 28.6 Å². The molecular weight excluding hydrogens is 368 g/mol. The summed E-state index contributed by atoms with van der Waals surface area (Å²) < 4.78 is 6.96. The molecule has 1 N–H and O–H groups in total. The van der Waals surface area contributed by atoms with Crippen LogP contribution in [0.4, 0.5) is 0 Å². The van der Waals surface area contributed by atoms with Crippen LogP contribution in [-0.2, 0) is 0 Å². The highest BCUT2D eigenvalue weighted by atomic mass is 35.5. The van der Waals surface area contributed by atoms with Crippen molar-refractivity contribution in [3.05, 3.63) is 51.2 Å². The van der Waals surface area contributed by atoms with Gasteiger partial charge in [-0.05, 0) is 43.0 Å². The summed E-state index contributed by atoms with van der Waals surface area (Å²) in [5.41, 5.74) is 2.50. The van der Waals surface area contributed by atoms with Gasteiger partial charge in [-0.15, -0.1) is 0 Å². The Hall–Kier alpha value is -2.54. The fraction of sp³-hybridized carbons (Fsp3) is 0.421. The largest absolute Gasteiger partial charge is 0.420 e. The van der Waals surface area contributed by atoms with Crippen LogP contribution in [0.2, 0.25) is 5.02 Å². The van der Waals surface area contributed by atoms with Crippen molar-refractivity contribution in [3.63, 3.8) is 0 Å². The van der Waals surface area contributed by atoms with Crippen molar-refractivity contribution in [2.24, 2.45) is 0 Å². The fourth-order valence-electron chi connectivity index (χ4n) is 3.61. The minimum absolute atomic E-state index is 0.123. The molecule has 3 heterocycles. The van der Waals surface area contributed by atoms with Crippen molar-refractivity contribution in [2.75, 3.05) is 13.1 Å². The maximum atomic E-state index is 12.9. The van der Waals surface area contributed by atoms with Gasteiger partial charge in [0.25, 0.3) is 5.91 Å². The van der Waals surface area contributed by atoms with Crippen LogP contribution in [0, 0.1) is 0 Å². The molecule has 0 spiro atoms. The average Bonchev–Trinajstić information content (AvgIpc) is 3.25. The van der Waals surface area contributed by atoms with Gasteiger partial charge in [0, 0.05) is 23.8 Å². The van der Waals surface area contributed by atoms with E-state index in [1.807, 2.05) is 13.8 Å². The highest BCUT2D eigenvalue weighted by molar-refractivity contribution is 6.31. The summed E-state index contributed by atoms with van der Waals surface area (Å²) in [6, 6.07) is 6.76. The molecule has 3 aromatic rings. The topological polar surface area (TPSA) is 84.1 Å². The minimum Gasteiger partial charge on any atom is -0.408 e. The molecule has 0 unspecified atom stereocenters. The van der Waals surface area contributed by atoms with Crippen molar-refractivity contribution in [2.45, 2.75) is 38.6 Å². The molecule has 1 aliphatic rings. The molecule has 1 amide bonds. The first-order valence-corrected chi connectivity index (χ1v) is 9.47. The van der Waals surface area contributed by atoms with Crippen LogP contribution >= 0.6 is 11.6 Å². The number of likely N-dealkylation sites (tertiary alicyclic amines) is 1. The van der Waals surface area contributed by atoms with Gasteiger partial charge in [-0.2, -0.15) is 5.10 Å². The van der Waals surface area contributed by atoms with E-state index in [9.17, 15) is 9.59 Å². The summed E-state index contributed by atoms with van der Waals surface area (Å²) in [6.45, 7) is 5.16. The van der Waals surface area contributed by atoms with Gasteiger partial charge < -0.3 is 9.32 Å². The smallest absolute Gasteiger partial charge is 0.408 e. The maximum absolute atomic E-state index is 12.9. The number of piperidine rings is 1. The number of carbonyl (C=O) groups excluding carboxylic acids is 1. The number of amides is 1. The number of rotatable bonds is 3. The number of aromatic amines is 1. The second kappa shape index (κ2) is 6.88. The molecule has 27 heavy (non-hydrogen) atoms. The molecule has 7 nitrogen and oxygen atoms in total. The zero-order chi connectivity index (χ0) is 19.1. The standard InChI is InChI=1S/C19H21ClN4O3/c1-11(2)14-9-15(22-21-14)18(25)23-7-3-4-13(10-23)24-16-8-12(20)5-6-17(16)27-19(24)26/h5-6,8-9,11,13H,3-4,7,10H2,1-2H3,(H,21,22)/t13-/m0/s1. The Morgan fingerprint density at radius 3 is 2.93 bits per heavy atom. The number of nitrogens with zero attached hydrogens (tertiary/aromatic N) is 3. The normalized spacial score (nSPS) is 17.8. The van der Waals surface area contributed by atoms with Crippen molar-refractivity contribution in [1.82, 2.24) is 19.7 Å². The molecule has 1 fully saturated rings. The molecular formula is C19H21ClN4O3. The lowest BCUT2D eigenvalue weighted by Gasteiger charge is -2.32. The van der Waals surface area contributed by atoms with E-state index in [0.717, 1.165) is 18.5 Å². The monoisotopic (exact) mass is 388 g/mol. The zero-order valence-electron chi connectivity index (χ0n) is 15.2. The van der Waals surface area contributed by atoms with Crippen LogP contribution in [-0.4, -0.2) is 38.7 Å². The van der Waals surface area contributed by atoms with Crippen LogP contribution in [0.25, 0.3) is 11.1 Å². The summed E-state index contributed by atoms with van der Waals surface area (Å²) in [6.07, 6.45) is 1.60. The van der Waals surface area contributed by atoms with Gasteiger partial charge >= 0.3 is 5.76 Å². The number of halogens is 1. The van der Waals surface area contributed by atoms with E-state index in [0.29, 0.717) is 34.9 Å². The lowest BCUT2D eigenvalue weighted by Crippen LogP contribution is -2.42. The third-order valence-corrected chi connectivity index (χ3v) is 5.30. The Morgan fingerprint density at radius 2 is 2.19 bits per heavy atom. The van der Waals surface area contributed by atoms with Crippen molar-refractivity contribution in [3.8, 4) is 0 Å². The van der Waals surface area contributed by atoms with Gasteiger partial charge in [-0.1, -0.05) is 25.4 Å². The Kier molecular flexibility index (Phi) is 4.55. The van der Waals surface area contributed by atoms with E-state index < -0.39 is 5.76 Å². The van der Waals surface area contributed by atoms with E-state index in [2.05, 4.69) is 10.2 Å². The first-order chi connectivity index (χ1) is 12.9. The Bertz CT molecular complexity index is 1050. The molecule has 0 radical (unpaired) electrons. The van der Waals surface area contributed by atoms with Crippen LogP contribution in [0.3, 0.4) is 0 Å². The summed E-state index contributed by atoms with van der Waals surface area (Å²) in [4.78, 5) is 27.0. The van der Waals surface area contributed by atoms with Crippen molar-refractivity contribution < 1.29 is 9.21 Å². The van der Waals surface area contributed by atoms with Gasteiger partial charge in [0.1, 0.15) is 5.69 Å². The lowest BCUT2D eigenvalue weighted by molar-refractivity contribution is 0.0671. The molecule has 8 heteroatoms. The Labute approximate surface area is 160 Å². The van der Waals surface area contributed by atoms with Gasteiger partial charge in [0.15, 0.2) is 5.58 Å². The summed E-state index contributed by atoms with van der Waals surface area (Å²) in [5.74, 6) is -0.274. The highest BCUT2D eigenvalue weighted by Crippen LogP contribution is 2.27. The first-order valence-electron chi connectivity index (χ1n) is 9.09. The zero-order valence-corrected chi connectivity index (χ0v) is 16.0. The van der Waals surface area contributed by atoms with Crippen LogP contribution < -0.4 is 5.76 Å². The SMILES string of the molecule is CC(C)c1cc(C(=O)N2CCC[C@H](n3c(=O)oc4ccc(Cl)cc43)C2)n[nH]1. The summed E-state index contributed by atoms with van der Waals surface area (Å²) in [5, 5.41) is 7.62. The van der Waals surface area contributed by atoms with Crippen LogP contribution in [0.1, 0.15) is 54.8 Å². The van der Waals surface area contributed by atoms with E-state index in [-0.39, 0.29) is 17.9 Å². The second-order valence-corrected chi connectivity index (χ2v) is 7.70. The van der Waals surface area contributed by atoms with E-state index in [1.54, 1.807) is 33.7 Å². The van der Waals surface area contributed by atoms with Gasteiger partial charge in [-0.25, -0.2) is 4.79 Å². The number of hydrogen-bond donors (Lipinski definition) is 1. The van der Waals surface area contributed by atoms with E-state index >= 15 is 0 Å². The number of nitrogens with one attached hydrogen (secondary N) is 1. The molecule has 1 aliphatic heterocycles. The number of H-pyrrole nitrogens is 1. The van der Waals surface area contributed by atoms with Crippen LogP contribution in [0.15, 0.2) is 33.5 Å². The van der Waals surface area contributed by atoms with Crippen LogP contribution in [0.5, 0.6) is 0 Å². The number of carbonyl (C=O) groups is 1.